The highest BCUT2D eigenvalue weighted by molar-refractivity contribution is 5.93. The van der Waals surface area contributed by atoms with Crippen LogP contribution in [0.2, 0.25) is 0 Å². The molecule has 0 radical (unpaired) electrons. The second-order valence-corrected chi connectivity index (χ2v) is 2.75. The number of nitrogens with two attached hydrogens (primary N) is 1. The molecule has 0 aliphatic carbocycles. The van der Waals surface area contributed by atoms with Crippen LogP contribution in [-0.4, -0.2) is 5.11 Å². The Balaban J connectivity index is 0.000000461. The van der Waals surface area contributed by atoms with Gasteiger partial charge in [-0.15, -0.1) is 0 Å². The highest BCUT2D eigenvalue weighted by Gasteiger charge is 1.96. The molecule has 3 N–H and O–H groups in total. The molecule has 74 valence electrons. The number of phenols is 1. The van der Waals surface area contributed by atoms with E-state index in [0.29, 0.717) is 5.69 Å². The number of rotatable bonds is 0. The van der Waals surface area contributed by atoms with Gasteiger partial charge in [0.25, 0.3) is 0 Å². The lowest BCUT2D eigenvalue weighted by Crippen LogP contribution is -1.85. The van der Waals surface area contributed by atoms with E-state index in [9.17, 15) is 5.11 Å². The fourth-order valence-electron chi connectivity index (χ4n) is 1.28. The SMILES string of the molecule is CC.Nc1cccc2ccc(O)cc12. The van der Waals surface area contributed by atoms with E-state index in [-0.39, 0.29) is 5.75 Å². The van der Waals surface area contributed by atoms with Crippen molar-refractivity contribution < 1.29 is 5.11 Å². The van der Waals surface area contributed by atoms with Crippen LogP contribution in [0.25, 0.3) is 10.8 Å². The van der Waals surface area contributed by atoms with Crippen molar-refractivity contribution in [1.82, 2.24) is 0 Å². The van der Waals surface area contributed by atoms with Crippen molar-refractivity contribution in [3.8, 4) is 5.75 Å². The maximum Gasteiger partial charge on any atom is 0.116 e. The molecule has 2 aromatic rings. The molecule has 0 saturated heterocycles. The van der Waals surface area contributed by atoms with E-state index in [1.165, 1.54) is 0 Å². The van der Waals surface area contributed by atoms with Crippen molar-refractivity contribution in [3.63, 3.8) is 0 Å². The molecule has 0 aliphatic rings. The molecule has 0 spiro atoms. The van der Waals surface area contributed by atoms with Crippen molar-refractivity contribution in [1.29, 1.82) is 0 Å². The van der Waals surface area contributed by atoms with E-state index in [0.717, 1.165) is 10.8 Å². The summed E-state index contributed by atoms with van der Waals surface area (Å²) in [4.78, 5) is 0. The Morgan fingerprint density at radius 3 is 2.50 bits per heavy atom. The minimum absolute atomic E-state index is 0.250. The van der Waals surface area contributed by atoms with E-state index in [1.807, 2.05) is 38.1 Å². The molecule has 2 heteroatoms. The Bertz CT molecular complexity index is 424. The Kier molecular flexibility index (Phi) is 3.35. The maximum absolute atomic E-state index is 9.20. The van der Waals surface area contributed by atoms with E-state index >= 15 is 0 Å². The molecule has 0 amide bonds. The molecule has 2 nitrogen and oxygen atoms in total. The van der Waals surface area contributed by atoms with Crippen molar-refractivity contribution in [2.75, 3.05) is 5.73 Å². The highest BCUT2D eigenvalue weighted by atomic mass is 16.3. The van der Waals surface area contributed by atoms with Crippen LogP contribution in [0.1, 0.15) is 13.8 Å². The van der Waals surface area contributed by atoms with Gasteiger partial charge in [-0.2, -0.15) is 0 Å². The lowest BCUT2D eigenvalue weighted by Gasteiger charge is -2.01. The topological polar surface area (TPSA) is 46.2 Å². The molecule has 0 aromatic heterocycles. The predicted molar refractivity (Wildman–Crippen MR) is 61.4 cm³/mol. The summed E-state index contributed by atoms with van der Waals surface area (Å²) in [6.45, 7) is 4.00. The summed E-state index contributed by atoms with van der Waals surface area (Å²) >= 11 is 0. The summed E-state index contributed by atoms with van der Waals surface area (Å²) in [6, 6.07) is 10.9. The third kappa shape index (κ3) is 1.96. The number of hydrogen-bond donors (Lipinski definition) is 2. The van der Waals surface area contributed by atoms with Gasteiger partial charge < -0.3 is 10.8 Å². The van der Waals surface area contributed by atoms with Crippen LogP contribution in [-0.2, 0) is 0 Å². The van der Waals surface area contributed by atoms with Gasteiger partial charge in [0.15, 0.2) is 0 Å². The second-order valence-electron chi connectivity index (χ2n) is 2.75. The Labute approximate surface area is 84.0 Å². The van der Waals surface area contributed by atoms with E-state index < -0.39 is 0 Å². The quantitative estimate of drug-likeness (QED) is 0.625. The van der Waals surface area contributed by atoms with Crippen molar-refractivity contribution >= 4 is 16.5 Å². The van der Waals surface area contributed by atoms with E-state index in [2.05, 4.69) is 0 Å². The fourth-order valence-corrected chi connectivity index (χ4v) is 1.28. The first-order valence-electron chi connectivity index (χ1n) is 4.74. The summed E-state index contributed by atoms with van der Waals surface area (Å²) < 4.78 is 0. The first kappa shape index (κ1) is 10.4. The van der Waals surface area contributed by atoms with Gasteiger partial charge in [-0.05, 0) is 23.6 Å². The molecule has 0 fully saturated rings. The van der Waals surface area contributed by atoms with Gasteiger partial charge in [-0.3, -0.25) is 0 Å². The average Bonchev–Trinajstić information content (AvgIpc) is 2.22. The monoisotopic (exact) mass is 189 g/mol. The van der Waals surface area contributed by atoms with Crippen LogP contribution >= 0.6 is 0 Å². The molecule has 2 rings (SSSR count). The molecule has 0 unspecified atom stereocenters. The van der Waals surface area contributed by atoms with Crippen molar-refractivity contribution in [3.05, 3.63) is 36.4 Å². The standard InChI is InChI=1S/C10H9NO.C2H6/c11-10-3-1-2-7-4-5-8(12)6-9(7)10;1-2/h1-6,12H,11H2;1-2H3. The number of fused-ring (bicyclic) bond motifs is 1. The minimum atomic E-state index is 0.250. The number of hydrogen-bond acceptors (Lipinski definition) is 2. The number of phenolic OH excluding ortho intramolecular Hbond substituents is 1. The Hall–Kier alpha value is -1.70. The summed E-state index contributed by atoms with van der Waals surface area (Å²) in [5, 5.41) is 11.1. The van der Waals surface area contributed by atoms with Gasteiger partial charge in [0.05, 0.1) is 0 Å². The molecule has 14 heavy (non-hydrogen) atoms. The zero-order valence-electron chi connectivity index (χ0n) is 8.49. The molecule has 0 atom stereocenters. The zero-order chi connectivity index (χ0) is 10.6. The molecule has 0 aliphatic heterocycles. The number of nitrogen functional groups attached to an aromatic ring is 1. The fraction of sp³-hybridized carbons (Fsp3) is 0.167. The van der Waals surface area contributed by atoms with Crippen molar-refractivity contribution in [2.24, 2.45) is 0 Å². The summed E-state index contributed by atoms with van der Waals surface area (Å²) in [6.07, 6.45) is 0. The maximum atomic E-state index is 9.20. The number of anilines is 1. The minimum Gasteiger partial charge on any atom is -0.508 e. The number of aromatic hydroxyl groups is 1. The first-order valence-corrected chi connectivity index (χ1v) is 4.74. The molecule has 0 saturated carbocycles. The lowest BCUT2D eigenvalue weighted by atomic mass is 10.1. The van der Waals surface area contributed by atoms with E-state index in [1.54, 1.807) is 12.1 Å². The van der Waals surface area contributed by atoms with Crippen LogP contribution in [0.4, 0.5) is 5.69 Å². The molecule has 0 heterocycles. The summed E-state index contributed by atoms with van der Waals surface area (Å²) in [5.74, 6) is 0.250. The predicted octanol–water partition coefficient (Wildman–Crippen LogP) is 3.15. The van der Waals surface area contributed by atoms with Crippen molar-refractivity contribution in [2.45, 2.75) is 13.8 Å². The van der Waals surface area contributed by atoms with Crippen LogP contribution in [0, 0.1) is 0 Å². The van der Waals surface area contributed by atoms with Gasteiger partial charge >= 0.3 is 0 Å². The normalized spacial score (nSPS) is 9.29. The number of benzene rings is 2. The van der Waals surface area contributed by atoms with Crippen LogP contribution in [0.5, 0.6) is 5.75 Å². The van der Waals surface area contributed by atoms with Crippen LogP contribution in [0.15, 0.2) is 36.4 Å². The van der Waals surface area contributed by atoms with Gasteiger partial charge in [0, 0.05) is 11.1 Å². The van der Waals surface area contributed by atoms with Gasteiger partial charge in [0.1, 0.15) is 5.75 Å². The molecular formula is C12H15NO. The van der Waals surface area contributed by atoms with Crippen LogP contribution < -0.4 is 5.73 Å². The van der Waals surface area contributed by atoms with Gasteiger partial charge in [-0.25, -0.2) is 0 Å². The van der Waals surface area contributed by atoms with Gasteiger partial charge in [0.2, 0.25) is 0 Å². The Morgan fingerprint density at radius 2 is 1.79 bits per heavy atom. The molecule has 0 bridgehead atoms. The highest BCUT2D eigenvalue weighted by Crippen LogP contribution is 2.24. The smallest absolute Gasteiger partial charge is 0.116 e. The third-order valence-electron chi connectivity index (χ3n) is 1.90. The largest absolute Gasteiger partial charge is 0.508 e. The lowest BCUT2D eigenvalue weighted by molar-refractivity contribution is 0.476. The summed E-state index contributed by atoms with van der Waals surface area (Å²) in [5.41, 5.74) is 6.41. The zero-order valence-corrected chi connectivity index (χ0v) is 8.49. The van der Waals surface area contributed by atoms with Gasteiger partial charge in [-0.1, -0.05) is 32.0 Å². The molecule has 2 aromatic carbocycles. The van der Waals surface area contributed by atoms with Crippen LogP contribution in [0.3, 0.4) is 0 Å². The average molecular weight is 189 g/mol. The van der Waals surface area contributed by atoms with E-state index in [4.69, 9.17) is 5.73 Å². The second kappa shape index (κ2) is 4.51. The Morgan fingerprint density at radius 1 is 1.07 bits per heavy atom. The first-order chi connectivity index (χ1) is 6.77. The third-order valence-corrected chi connectivity index (χ3v) is 1.90. The summed E-state index contributed by atoms with van der Waals surface area (Å²) in [7, 11) is 0. The molecular weight excluding hydrogens is 174 g/mol.